The van der Waals surface area contributed by atoms with Crippen molar-refractivity contribution in [1.29, 1.82) is 0 Å². The third-order valence-electron chi connectivity index (χ3n) is 7.15. The lowest BCUT2D eigenvalue weighted by atomic mass is 9.96. The zero-order valence-electron chi connectivity index (χ0n) is 17.6. The van der Waals surface area contributed by atoms with E-state index in [9.17, 15) is 14.4 Å². The molecule has 4 aliphatic rings. The van der Waals surface area contributed by atoms with Crippen LogP contribution in [0.25, 0.3) is 0 Å². The number of likely N-dealkylation sites (tertiary alicyclic amines) is 1. The van der Waals surface area contributed by atoms with Gasteiger partial charge in [-0.25, -0.2) is 0 Å². The zero-order valence-corrected chi connectivity index (χ0v) is 17.6. The number of carbonyl (C=O) groups is 3. The molecular formula is C22H36N4O3. The smallest absolute Gasteiger partial charge is 0.225 e. The van der Waals surface area contributed by atoms with Crippen LogP contribution in [0.5, 0.6) is 0 Å². The summed E-state index contributed by atoms with van der Waals surface area (Å²) >= 11 is 0. The highest BCUT2D eigenvalue weighted by Crippen LogP contribution is 2.32. The molecule has 0 aromatic carbocycles. The van der Waals surface area contributed by atoms with E-state index in [0.29, 0.717) is 19.0 Å². The fourth-order valence-electron chi connectivity index (χ4n) is 5.08. The van der Waals surface area contributed by atoms with Crippen LogP contribution in [0.2, 0.25) is 0 Å². The number of carbonyl (C=O) groups excluding carboxylic acids is 3. The summed E-state index contributed by atoms with van der Waals surface area (Å²) in [7, 11) is 0. The van der Waals surface area contributed by atoms with E-state index in [-0.39, 0.29) is 29.6 Å². The van der Waals surface area contributed by atoms with Gasteiger partial charge in [0.05, 0.1) is 5.92 Å². The average Bonchev–Trinajstić information content (AvgIpc) is 3.47. The summed E-state index contributed by atoms with van der Waals surface area (Å²) < 4.78 is 0. The molecule has 1 atom stereocenters. The molecule has 3 amide bonds. The molecule has 1 N–H and O–H groups in total. The summed E-state index contributed by atoms with van der Waals surface area (Å²) in [6, 6.07) is 0. The van der Waals surface area contributed by atoms with Gasteiger partial charge in [0, 0.05) is 64.2 Å². The van der Waals surface area contributed by atoms with Crippen LogP contribution in [0.4, 0.5) is 0 Å². The summed E-state index contributed by atoms with van der Waals surface area (Å²) in [4.78, 5) is 43.6. The zero-order chi connectivity index (χ0) is 20.2. The number of piperidine rings is 1. The summed E-state index contributed by atoms with van der Waals surface area (Å²) in [5.41, 5.74) is 0. The summed E-state index contributed by atoms with van der Waals surface area (Å²) in [6.07, 6.45) is 8.37. The molecule has 4 fully saturated rings. The standard InChI is InChI=1S/C22H36N4O3/c27-20(19-6-3-10-26(16-19)22(29)18-7-8-18)23-9-11-24-12-14-25(15-13-24)21(28)17-4-1-2-5-17/h17-19H,1-16H2,(H,23,27). The summed E-state index contributed by atoms with van der Waals surface area (Å²) in [5, 5.41) is 3.08. The number of nitrogens with one attached hydrogen (secondary N) is 1. The first-order chi connectivity index (χ1) is 14.1. The van der Waals surface area contributed by atoms with Crippen LogP contribution in [0.15, 0.2) is 0 Å². The molecular weight excluding hydrogens is 368 g/mol. The third kappa shape index (κ3) is 5.30. The lowest BCUT2D eigenvalue weighted by Gasteiger charge is -2.36. The van der Waals surface area contributed by atoms with Crippen LogP contribution < -0.4 is 5.32 Å². The normalized spacial score (nSPS) is 26.6. The number of piperazine rings is 1. The Morgan fingerprint density at radius 1 is 0.690 bits per heavy atom. The van der Waals surface area contributed by atoms with Gasteiger partial charge in [-0.15, -0.1) is 0 Å². The van der Waals surface area contributed by atoms with E-state index < -0.39 is 0 Å². The first-order valence-electron chi connectivity index (χ1n) is 11.7. The number of amides is 3. The minimum absolute atomic E-state index is 0.0627. The third-order valence-corrected chi connectivity index (χ3v) is 7.15. The average molecular weight is 405 g/mol. The lowest BCUT2D eigenvalue weighted by Crippen LogP contribution is -2.52. The molecule has 0 aromatic heterocycles. The van der Waals surface area contributed by atoms with Crippen LogP contribution in [0.3, 0.4) is 0 Å². The van der Waals surface area contributed by atoms with Crippen molar-refractivity contribution in [1.82, 2.24) is 20.0 Å². The molecule has 2 saturated carbocycles. The van der Waals surface area contributed by atoms with Crippen molar-refractivity contribution in [3.63, 3.8) is 0 Å². The molecule has 7 nitrogen and oxygen atoms in total. The highest BCUT2D eigenvalue weighted by atomic mass is 16.2. The topological polar surface area (TPSA) is 73.0 Å². The van der Waals surface area contributed by atoms with E-state index in [1.54, 1.807) is 0 Å². The molecule has 2 saturated heterocycles. The Bertz CT molecular complexity index is 607. The van der Waals surface area contributed by atoms with E-state index in [2.05, 4.69) is 10.2 Å². The van der Waals surface area contributed by atoms with Crippen molar-refractivity contribution < 1.29 is 14.4 Å². The number of nitrogens with zero attached hydrogens (tertiary/aromatic N) is 3. The van der Waals surface area contributed by atoms with E-state index in [0.717, 1.165) is 77.8 Å². The number of hydrogen-bond donors (Lipinski definition) is 1. The molecule has 0 aromatic rings. The Hall–Kier alpha value is -1.63. The molecule has 0 spiro atoms. The Labute approximate surface area is 174 Å². The van der Waals surface area contributed by atoms with Gasteiger partial charge in [-0.05, 0) is 38.5 Å². The van der Waals surface area contributed by atoms with Crippen molar-refractivity contribution >= 4 is 17.7 Å². The lowest BCUT2D eigenvalue weighted by molar-refractivity contribution is -0.137. The fourth-order valence-corrected chi connectivity index (χ4v) is 5.08. The molecule has 2 aliphatic heterocycles. The first kappa shape index (κ1) is 20.6. The monoisotopic (exact) mass is 404 g/mol. The Balaban J connectivity index is 1.13. The SMILES string of the molecule is O=C(NCCN1CCN(C(=O)C2CCCC2)CC1)C1CCCN(C(=O)C2CC2)C1. The van der Waals surface area contributed by atoms with Gasteiger partial charge in [0.25, 0.3) is 0 Å². The van der Waals surface area contributed by atoms with Gasteiger partial charge in [0.1, 0.15) is 0 Å². The largest absolute Gasteiger partial charge is 0.355 e. The molecule has 4 rings (SSSR count). The van der Waals surface area contributed by atoms with Crippen molar-refractivity contribution in [2.45, 2.75) is 51.4 Å². The van der Waals surface area contributed by atoms with Gasteiger partial charge >= 0.3 is 0 Å². The molecule has 2 aliphatic carbocycles. The maximum absolute atomic E-state index is 12.6. The van der Waals surface area contributed by atoms with E-state index in [1.807, 2.05) is 9.80 Å². The van der Waals surface area contributed by atoms with Crippen LogP contribution in [0, 0.1) is 17.8 Å². The van der Waals surface area contributed by atoms with Gasteiger partial charge in [-0.2, -0.15) is 0 Å². The maximum atomic E-state index is 12.6. The quantitative estimate of drug-likeness (QED) is 0.719. The van der Waals surface area contributed by atoms with Crippen molar-refractivity contribution in [2.24, 2.45) is 17.8 Å². The van der Waals surface area contributed by atoms with Crippen LogP contribution >= 0.6 is 0 Å². The Kier molecular flexibility index (Phi) is 6.73. The Morgan fingerprint density at radius 3 is 2.00 bits per heavy atom. The van der Waals surface area contributed by atoms with Gasteiger partial charge in [0.15, 0.2) is 0 Å². The second kappa shape index (κ2) is 9.45. The van der Waals surface area contributed by atoms with Crippen molar-refractivity contribution in [3.05, 3.63) is 0 Å². The van der Waals surface area contributed by atoms with Gasteiger partial charge < -0.3 is 15.1 Å². The molecule has 2 heterocycles. The highest BCUT2D eigenvalue weighted by molar-refractivity contribution is 5.83. The first-order valence-corrected chi connectivity index (χ1v) is 11.7. The molecule has 0 radical (unpaired) electrons. The van der Waals surface area contributed by atoms with Crippen molar-refractivity contribution in [2.75, 3.05) is 52.4 Å². The van der Waals surface area contributed by atoms with Crippen molar-refractivity contribution in [3.8, 4) is 0 Å². The Morgan fingerprint density at radius 2 is 1.31 bits per heavy atom. The second-order valence-electron chi connectivity index (χ2n) is 9.34. The summed E-state index contributed by atoms with van der Waals surface area (Å²) in [5.74, 6) is 1.14. The predicted octanol–water partition coefficient (Wildman–Crippen LogP) is 1.09. The molecule has 1 unspecified atom stereocenters. The molecule has 162 valence electrons. The second-order valence-corrected chi connectivity index (χ2v) is 9.34. The predicted molar refractivity (Wildman–Crippen MR) is 110 cm³/mol. The van der Waals surface area contributed by atoms with Gasteiger partial charge in [-0.1, -0.05) is 12.8 Å². The molecule has 7 heteroatoms. The minimum atomic E-state index is -0.0627. The van der Waals surface area contributed by atoms with E-state index in [1.165, 1.54) is 12.8 Å². The summed E-state index contributed by atoms with van der Waals surface area (Å²) in [6.45, 7) is 6.26. The fraction of sp³-hybridized carbons (Fsp3) is 0.864. The van der Waals surface area contributed by atoms with E-state index >= 15 is 0 Å². The minimum Gasteiger partial charge on any atom is -0.355 e. The number of rotatable bonds is 6. The number of hydrogen-bond acceptors (Lipinski definition) is 4. The maximum Gasteiger partial charge on any atom is 0.225 e. The molecule has 29 heavy (non-hydrogen) atoms. The van der Waals surface area contributed by atoms with Crippen LogP contribution in [-0.4, -0.2) is 84.8 Å². The van der Waals surface area contributed by atoms with Gasteiger partial charge in [-0.3, -0.25) is 19.3 Å². The van der Waals surface area contributed by atoms with Crippen LogP contribution in [-0.2, 0) is 14.4 Å². The highest BCUT2D eigenvalue weighted by Gasteiger charge is 2.36. The van der Waals surface area contributed by atoms with E-state index in [4.69, 9.17) is 0 Å². The molecule has 0 bridgehead atoms. The van der Waals surface area contributed by atoms with Crippen LogP contribution in [0.1, 0.15) is 51.4 Å². The van der Waals surface area contributed by atoms with Gasteiger partial charge in [0.2, 0.25) is 17.7 Å².